The number of ether oxygens (including phenoxy) is 1. The first-order chi connectivity index (χ1) is 13.3. The average Bonchev–Trinajstić information content (AvgIpc) is 3.49. The van der Waals surface area contributed by atoms with Crippen LogP contribution in [-0.4, -0.2) is 51.8 Å². The Morgan fingerprint density at radius 2 is 1.44 bits per heavy atom. The molecule has 0 saturated carbocycles. The molecule has 0 radical (unpaired) electrons. The molecule has 4 aliphatic rings. The van der Waals surface area contributed by atoms with E-state index in [4.69, 9.17) is 4.74 Å². The fourth-order valence-electron chi connectivity index (χ4n) is 4.74. The maximum atomic E-state index is 12.9. The molecule has 27 heavy (non-hydrogen) atoms. The summed E-state index contributed by atoms with van der Waals surface area (Å²) in [6.45, 7) is 7.12. The summed E-state index contributed by atoms with van der Waals surface area (Å²) < 4.78 is 5.44. The zero-order valence-corrected chi connectivity index (χ0v) is 16.4. The van der Waals surface area contributed by atoms with Gasteiger partial charge in [0.2, 0.25) is 5.91 Å². The summed E-state index contributed by atoms with van der Waals surface area (Å²) in [5.74, 6) is 0.310. The molecule has 4 aliphatic heterocycles. The van der Waals surface area contributed by atoms with Crippen LogP contribution >= 0.6 is 0 Å². The van der Waals surface area contributed by atoms with Crippen molar-refractivity contribution in [3.05, 3.63) is 24.3 Å². The van der Waals surface area contributed by atoms with Crippen LogP contribution in [0.1, 0.15) is 44.9 Å². The van der Waals surface area contributed by atoms with Gasteiger partial charge in [0.25, 0.3) is 0 Å². The highest BCUT2D eigenvalue weighted by Crippen LogP contribution is 2.42. The largest absolute Gasteiger partial charge is 0.381 e. The van der Waals surface area contributed by atoms with E-state index in [0.717, 1.165) is 57.8 Å². The molecule has 0 unspecified atom stereocenters. The van der Waals surface area contributed by atoms with Gasteiger partial charge >= 0.3 is 0 Å². The first-order valence-corrected chi connectivity index (χ1v) is 10.7. The number of amides is 1. The summed E-state index contributed by atoms with van der Waals surface area (Å²) in [4.78, 5) is 17.3. The minimum absolute atomic E-state index is 0.147. The molecule has 1 N–H and O–H groups in total. The molecule has 0 aliphatic carbocycles. The molecule has 4 heterocycles. The summed E-state index contributed by atoms with van der Waals surface area (Å²) >= 11 is 0. The van der Waals surface area contributed by atoms with Crippen molar-refractivity contribution in [2.45, 2.75) is 44.9 Å². The lowest BCUT2D eigenvalue weighted by molar-refractivity contribution is -0.130. The standard InChI is InChI=1S/C18H24N2O2.C4H9N/c21-17-18(8-13-22-14-9-18)7-12-20(17)16-5-3-15(4-6-16)19-10-1-2-11-19;1-2-4-5-3-1/h3-6H,1-2,7-14H2;5H,1-4H2. The smallest absolute Gasteiger partial charge is 0.233 e. The lowest BCUT2D eigenvalue weighted by atomic mass is 9.79. The van der Waals surface area contributed by atoms with E-state index in [1.165, 1.54) is 44.5 Å². The van der Waals surface area contributed by atoms with Crippen LogP contribution in [0.2, 0.25) is 0 Å². The SMILES string of the molecule is C1CCNC1.O=C1N(c2ccc(N3CCCC3)cc2)CCC12CCOCC2. The third-order valence-corrected chi connectivity index (χ3v) is 6.55. The average molecular weight is 372 g/mol. The van der Waals surface area contributed by atoms with E-state index in [2.05, 4.69) is 34.5 Å². The van der Waals surface area contributed by atoms with Gasteiger partial charge in [-0.3, -0.25) is 4.79 Å². The maximum absolute atomic E-state index is 12.9. The molecule has 4 saturated heterocycles. The molecular formula is C22H33N3O2. The van der Waals surface area contributed by atoms with E-state index in [0.29, 0.717) is 5.91 Å². The van der Waals surface area contributed by atoms with E-state index in [1.807, 2.05) is 4.90 Å². The van der Waals surface area contributed by atoms with Crippen molar-refractivity contribution < 1.29 is 9.53 Å². The number of nitrogens with one attached hydrogen (secondary N) is 1. The molecule has 4 fully saturated rings. The third kappa shape index (κ3) is 4.14. The van der Waals surface area contributed by atoms with Gasteiger partial charge in [0, 0.05) is 44.2 Å². The van der Waals surface area contributed by atoms with Gasteiger partial charge < -0.3 is 19.9 Å². The van der Waals surface area contributed by atoms with E-state index in [1.54, 1.807) is 0 Å². The Hall–Kier alpha value is -1.59. The van der Waals surface area contributed by atoms with Gasteiger partial charge in [0.15, 0.2) is 0 Å². The Morgan fingerprint density at radius 3 is 2.04 bits per heavy atom. The predicted molar refractivity (Wildman–Crippen MR) is 109 cm³/mol. The third-order valence-electron chi connectivity index (χ3n) is 6.55. The second kappa shape index (κ2) is 8.61. The number of anilines is 2. The molecule has 5 heteroatoms. The molecule has 1 aromatic rings. The maximum Gasteiger partial charge on any atom is 0.233 e. The molecule has 148 valence electrons. The molecule has 5 rings (SSSR count). The van der Waals surface area contributed by atoms with Crippen LogP contribution in [-0.2, 0) is 9.53 Å². The minimum Gasteiger partial charge on any atom is -0.381 e. The van der Waals surface area contributed by atoms with E-state index in [-0.39, 0.29) is 5.41 Å². The number of benzene rings is 1. The van der Waals surface area contributed by atoms with Crippen LogP contribution in [0.4, 0.5) is 11.4 Å². The number of hydrogen-bond donors (Lipinski definition) is 1. The molecule has 1 aromatic carbocycles. The van der Waals surface area contributed by atoms with Crippen molar-refractivity contribution >= 4 is 17.3 Å². The lowest BCUT2D eigenvalue weighted by Gasteiger charge is -2.31. The van der Waals surface area contributed by atoms with Crippen LogP contribution in [0.3, 0.4) is 0 Å². The lowest BCUT2D eigenvalue weighted by Crippen LogP contribution is -2.38. The zero-order valence-electron chi connectivity index (χ0n) is 16.4. The molecule has 1 spiro atoms. The fraction of sp³-hybridized carbons (Fsp3) is 0.682. The number of hydrogen-bond acceptors (Lipinski definition) is 4. The monoisotopic (exact) mass is 371 g/mol. The normalized spacial score (nSPS) is 24.4. The van der Waals surface area contributed by atoms with Crippen LogP contribution in [0, 0.1) is 5.41 Å². The van der Waals surface area contributed by atoms with E-state index < -0.39 is 0 Å². The van der Waals surface area contributed by atoms with Gasteiger partial charge in [-0.25, -0.2) is 0 Å². The van der Waals surface area contributed by atoms with Crippen molar-refractivity contribution in [1.29, 1.82) is 0 Å². The quantitative estimate of drug-likeness (QED) is 0.867. The predicted octanol–water partition coefficient (Wildman–Crippen LogP) is 3.19. The van der Waals surface area contributed by atoms with E-state index in [9.17, 15) is 4.79 Å². The van der Waals surface area contributed by atoms with Gasteiger partial charge in [-0.05, 0) is 82.3 Å². The van der Waals surface area contributed by atoms with Crippen molar-refractivity contribution in [1.82, 2.24) is 5.32 Å². The van der Waals surface area contributed by atoms with Gasteiger partial charge in [0.1, 0.15) is 0 Å². The Balaban J connectivity index is 0.000000314. The second-order valence-electron chi connectivity index (χ2n) is 8.27. The first kappa shape index (κ1) is 18.8. The molecule has 0 aromatic heterocycles. The van der Waals surface area contributed by atoms with Crippen molar-refractivity contribution in [2.75, 3.05) is 55.7 Å². The fourth-order valence-corrected chi connectivity index (χ4v) is 4.74. The number of nitrogens with zero attached hydrogens (tertiary/aromatic N) is 2. The Morgan fingerprint density at radius 1 is 0.815 bits per heavy atom. The van der Waals surface area contributed by atoms with Gasteiger partial charge in [-0.2, -0.15) is 0 Å². The van der Waals surface area contributed by atoms with Gasteiger partial charge in [-0.1, -0.05) is 0 Å². The summed E-state index contributed by atoms with van der Waals surface area (Å²) in [5, 5.41) is 3.22. The Labute approximate surface area is 163 Å². The van der Waals surface area contributed by atoms with Crippen LogP contribution < -0.4 is 15.1 Å². The molecule has 0 atom stereocenters. The molecule has 1 amide bonds. The molecular weight excluding hydrogens is 338 g/mol. The number of rotatable bonds is 2. The summed E-state index contributed by atoms with van der Waals surface area (Å²) in [7, 11) is 0. The minimum atomic E-state index is -0.147. The Bertz CT molecular complexity index is 607. The van der Waals surface area contributed by atoms with Crippen molar-refractivity contribution in [2.24, 2.45) is 5.41 Å². The Kier molecular flexibility index (Phi) is 5.98. The van der Waals surface area contributed by atoms with Gasteiger partial charge in [0.05, 0.1) is 5.41 Å². The summed E-state index contributed by atoms with van der Waals surface area (Å²) in [6, 6.07) is 8.57. The highest BCUT2D eigenvalue weighted by Gasteiger charge is 2.47. The molecule has 0 bridgehead atoms. The zero-order chi connectivity index (χ0) is 18.5. The summed E-state index contributed by atoms with van der Waals surface area (Å²) in [5.41, 5.74) is 2.19. The van der Waals surface area contributed by atoms with Crippen LogP contribution in [0.25, 0.3) is 0 Å². The first-order valence-electron chi connectivity index (χ1n) is 10.7. The van der Waals surface area contributed by atoms with Crippen molar-refractivity contribution in [3.63, 3.8) is 0 Å². The van der Waals surface area contributed by atoms with Crippen molar-refractivity contribution in [3.8, 4) is 0 Å². The van der Waals surface area contributed by atoms with E-state index >= 15 is 0 Å². The van der Waals surface area contributed by atoms with Crippen LogP contribution in [0.15, 0.2) is 24.3 Å². The highest BCUT2D eigenvalue weighted by atomic mass is 16.5. The topological polar surface area (TPSA) is 44.8 Å². The second-order valence-corrected chi connectivity index (χ2v) is 8.27. The molecule has 5 nitrogen and oxygen atoms in total. The number of carbonyl (C=O) groups excluding carboxylic acids is 1. The summed E-state index contributed by atoms with van der Waals surface area (Å²) in [6.07, 6.45) is 8.10. The highest BCUT2D eigenvalue weighted by molar-refractivity contribution is 6.00. The van der Waals surface area contributed by atoms with Gasteiger partial charge in [-0.15, -0.1) is 0 Å². The van der Waals surface area contributed by atoms with Crippen LogP contribution in [0.5, 0.6) is 0 Å². The number of carbonyl (C=O) groups is 1.